The molecular weight excluding hydrogens is 191 g/mol. The van der Waals surface area contributed by atoms with E-state index in [1.54, 1.807) is 0 Å². The van der Waals surface area contributed by atoms with Crippen molar-refractivity contribution in [3.8, 4) is 0 Å². The zero-order valence-corrected chi connectivity index (χ0v) is 7.38. The fraction of sp³-hybridized carbons (Fsp3) is 1.00. The highest BCUT2D eigenvalue weighted by molar-refractivity contribution is 5.12. The third-order valence-electron chi connectivity index (χ3n) is 3.09. The van der Waals surface area contributed by atoms with E-state index in [2.05, 4.69) is 0 Å². The van der Waals surface area contributed by atoms with E-state index < -0.39 is 29.9 Å². The van der Waals surface area contributed by atoms with Crippen LogP contribution in [0, 0.1) is 11.3 Å². The SMILES string of the molecule is CCC1(C(C)C(F)(F)F)CC1(F)F. The first-order valence-corrected chi connectivity index (χ1v) is 4.12. The Bertz CT molecular complexity index is 204. The number of alkyl halides is 5. The van der Waals surface area contributed by atoms with Gasteiger partial charge in [-0.3, -0.25) is 0 Å². The molecule has 1 fully saturated rings. The molecule has 1 aliphatic carbocycles. The van der Waals surface area contributed by atoms with Gasteiger partial charge in [0.2, 0.25) is 0 Å². The van der Waals surface area contributed by atoms with Crippen LogP contribution in [0.3, 0.4) is 0 Å². The van der Waals surface area contributed by atoms with Gasteiger partial charge in [-0.1, -0.05) is 13.8 Å². The molecule has 0 saturated heterocycles. The number of hydrogen-bond donors (Lipinski definition) is 0. The smallest absolute Gasteiger partial charge is 0.206 e. The summed E-state index contributed by atoms with van der Waals surface area (Å²) in [5.41, 5.74) is -1.83. The van der Waals surface area contributed by atoms with E-state index in [1.807, 2.05) is 0 Å². The van der Waals surface area contributed by atoms with E-state index in [-0.39, 0.29) is 6.42 Å². The molecule has 0 bridgehead atoms. The third-order valence-corrected chi connectivity index (χ3v) is 3.09. The molecule has 1 saturated carbocycles. The van der Waals surface area contributed by atoms with E-state index in [0.717, 1.165) is 6.92 Å². The second kappa shape index (κ2) is 2.58. The van der Waals surface area contributed by atoms with Crippen molar-refractivity contribution in [2.24, 2.45) is 11.3 Å². The molecule has 1 aliphatic rings. The van der Waals surface area contributed by atoms with Crippen molar-refractivity contribution in [2.75, 3.05) is 0 Å². The molecule has 5 heteroatoms. The van der Waals surface area contributed by atoms with Crippen LogP contribution >= 0.6 is 0 Å². The van der Waals surface area contributed by atoms with Gasteiger partial charge in [0.15, 0.2) is 0 Å². The zero-order chi connectivity index (χ0) is 10.5. The standard InChI is InChI=1S/C8H11F5/c1-3-6(4-7(6,9)10)5(2)8(11,12)13/h5H,3-4H2,1-2H3. The Balaban J connectivity index is 2.83. The Morgan fingerprint density at radius 3 is 1.77 bits per heavy atom. The fourth-order valence-electron chi connectivity index (χ4n) is 1.82. The lowest BCUT2D eigenvalue weighted by atomic mass is 9.87. The van der Waals surface area contributed by atoms with E-state index in [4.69, 9.17) is 0 Å². The predicted molar refractivity (Wildman–Crippen MR) is 37.5 cm³/mol. The average Bonchev–Trinajstić information content (AvgIpc) is 2.51. The first-order chi connectivity index (χ1) is 5.67. The summed E-state index contributed by atoms with van der Waals surface area (Å²) in [6, 6.07) is 0. The maximum atomic E-state index is 12.7. The fourth-order valence-corrected chi connectivity index (χ4v) is 1.82. The van der Waals surface area contributed by atoms with Crippen LogP contribution in [0.15, 0.2) is 0 Å². The van der Waals surface area contributed by atoms with Crippen LogP contribution in [0.4, 0.5) is 22.0 Å². The molecule has 0 aliphatic heterocycles. The van der Waals surface area contributed by atoms with E-state index >= 15 is 0 Å². The lowest BCUT2D eigenvalue weighted by molar-refractivity contribution is -0.198. The molecule has 0 spiro atoms. The molecule has 0 aromatic rings. The quantitative estimate of drug-likeness (QED) is 0.600. The van der Waals surface area contributed by atoms with Crippen LogP contribution in [0.25, 0.3) is 0 Å². The highest BCUT2D eigenvalue weighted by Crippen LogP contribution is 2.69. The third kappa shape index (κ3) is 1.42. The van der Waals surface area contributed by atoms with Gasteiger partial charge in [0.25, 0.3) is 5.92 Å². The minimum Gasteiger partial charge on any atom is -0.206 e. The zero-order valence-electron chi connectivity index (χ0n) is 7.38. The lowest BCUT2D eigenvalue weighted by Gasteiger charge is -2.24. The van der Waals surface area contributed by atoms with Gasteiger partial charge in [-0.05, 0) is 6.42 Å². The van der Waals surface area contributed by atoms with Crippen LogP contribution < -0.4 is 0 Å². The van der Waals surface area contributed by atoms with Gasteiger partial charge in [0.1, 0.15) is 0 Å². The highest BCUT2D eigenvalue weighted by atomic mass is 19.4. The van der Waals surface area contributed by atoms with Crippen molar-refractivity contribution in [2.45, 2.75) is 38.8 Å². The molecule has 0 heterocycles. The number of hydrogen-bond acceptors (Lipinski definition) is 0. The first-order valence-electron chi connectivity index (χ1n) is 4.12. The minimum atomic E-state index is -4.52. The molecule has 13 heavy (non-hydrogen) atoms. The summed E-state index contributed by atoms with van der Waals surface area (Å²) < 4.78 is 62.0. The molecule has 1 rings (SSSR count). The molecular formula is C8H11F5. The highest BCUT2D eigenvalue weighted by Gasteiger charge is 2.75. The summed E-state index contributed by atoms with van der Waals surface area (Å²) in [6.07, 6.45) is -5.27. The maximum Gasteiger partial charge on any atom is 0.392 e. The van der Waals surface area contributed by atoms with Crippen molar-refractivity contribution in [1.29, 1.82) is 0 Å². The molecule has 0 amide bonds. The van der Waals surface area contributed by atoms with Crippen molar-refractivity contribution < 1.29 is 22.0 Å². The van der Waals surface area contributed by atoms with Crippen molar-refractivity contribution in [1.82, 2.24) is 0 Å². The van der Waals surface area contributed by atoms with E-state index in [0.29, 0.717) is 0 Å². The Kier molecular flexibility index (Phi) is 2.13. The molecule has 0 aromatic carbocycles. The minimum absolute atomic E-state index is 0.124. The molecule has 0 aromatic heterocycles. The molecule has 0 radical (unpaired) electrons. The van der Waals surface area contributed by atoms with Crippen LogP contribution in [-0.4, -0.2) is 12.1 Å². The van der Waals surface area contributed by atoms with Gasteiger partial charge in [-0.25, -0.2) is 8.78 Å². The second-order valence-corrected chi connectivity index (χ2v) is 3.65. The summed E-state index contributed by atoms with van der Waals surface area (Å²) in [4.78, 5) is 0. The molecule has 2 atom stereocenters. The van der Waals surface area contributed by atoms with Gasteiger partial charge in [0.05, 0.1) is 11.3 Å². The molecule has 78 valence electrons. The Morgan fingerprint density at radius 1 is 1.31 bits per heavy atom. The maximum absolute atomic E-state index is 12.7. The molecule has 0 nitrogen and oxygen atoms in total. The molecule has 0 N–H and O–H groups in total. The largest absolute Gasteiger partial charge is 0.392 e. The Labute approximate surface area is 73.1 Å². The normalized spacial score (nSPS) is 34.4. The average molecular weight is 202 g/mol. The number of halogens is 5. The summed E-state index contributed by atoms with van der Waals surface area (Å²) in [5.74, 6) is -5.04. The second-order valence-electron chi connectivity index (χ2n) is 3.65. The first kappa shape index (κ1) is 10.7. The predicted octanol–water partition coefficient (Wildman–Crippen LogP) is 3.62. The topological polar surface area (TPSA) is 0 Å². The summed E-state index contributed by atoms with van der Waals surface area (Å²) >= 11 is 0. The van der Waals surface area contributed by atoms with Crippen molar-refractivity contribution in [3.05, 3.63) is 0 Å². The number of rotatable bonds is 2. The summed E-state index contributed by atoms with van der Waals surface area (Å²) in [7, 11) is 0. The lowest BCUT2D eigenvalue weighted by Crippen LogP contribution is -2.32. The van der Waals surface area contributed by atoms with Crippen LogP contribution in [-0.2, 0) is 0 Å². The van der Waals surface area contributed by atoms with Crippen molar-refractivity contribution >= 4 is 0 Å². The van der Waals surface area contributed by atoms with Gasteiger partial charge in [-0.2, -0.15) is 13.2 Å². The van der Waals surface area contributed by atoms with E-state index in [9.17, 15) is 22.0 Å². The summed E-state index contributed by atoms with van der Waals surface area (Å²) in [6.45, 7) is 2.22. The monoisotopic (exact) mass is 202 g/mol. The summed E-state index contributed by atoms with van der Waals surface area (Å²) in [5, 5.41) is 0. The van der Waals surface area contributed by atoms with Crippen LogP contribution in [0.2, 0.25) is 0 Å². The van der Waals surface area contributed by atoms with Gasteiger partial charge in [0, 0.05) is 6.42 Å². The van der Waals surface area contributed by atoms with Gasteiger partial charge >= 0.3 is 6.18 Å². The van der Waals surface area contributed by atoms with Crippen LogP contribution in [0.5, 0.6) is 0 Å². The van der Waals surface area contributed by atoms with Crippen molar-refractivity contribution in [3.63, 3.8) is 0 Å². The Hall–Kier alpha value is -0.350. The van der Waals surface area contributed by atoms with E-state index in [1.165, 1.54) is 6.92 Å². The Morgan fingerprint density at radius 2 is 1.69 bits per heavy atom. The molecule has 2 unspecified atom stereocenters. The van der Waals surface area contributed by atoms with Crippen LogP contribution in [0.1, 0.15) is 26.7 Å². The van der Waals surface area contributed by atoms with Gasteiger partial charge < -0.3 is 0 Å². The van der Waals surface area contributed by atoms with Gasteiger partial charge in [-0.15, -0.1) is 0 Å².